The molecule has 2 atom stereocenters. The maximum atomic E-state index is 12.3. The lowest BCUT2D eigenvalue weighted by atomic mass is 9.87. The van der Waals surface area contributed by atoms with Gasteiger partial charge in [0.1, 0.15) is 17.1 Å². The highest BCUT2D eigenvalue weighted by molar-refractivity contribution is 6.30. The molecule has 1 saturated heterocycles. The van der Waals surface area contributed by atoms with E-state index in [2.05, 4.69) is 0 Å². The first-order valence-corrected chi connectivity index (χ1v) is 11.4. The van der Waals surface area contributed by atoms with Crippen LogP contribution in [-0.2, 0) is 4.74 Å². The Kier molecular flexibility index (Phi) is 8.26. The van der Waals surface area contributed by atoms with E-state index in [0.717, 1.165) is 23.5 Å². The highest BCUT2D eigenvalue weighted by atomic mass is 35.5. The maximum Gasteiger partial charge on any atom is 0.410 e. The van der Waals surface area contributed by atoms with E-state index < -0.39 is 11.7 Å². The number of piperidine rings is 1. The molecule has 1 aliphatic rings. The summed E-state index contributed by atoms with van der Waals surface area (Å²) in [6, 6.07) is 15.1. The minimum absolute atomic E-state index is 0.0196. The summed E-state index contributed by atoms with van der Waals surface area (Å²) in [4.78, 5) is 13.8. The maximum absolute atomic E-state index is 12.3. The molecule has 0 radical (unpaired) electrons. The quantitative estimate of drug-likeness (QED) is 0.568. The molecule has 1 fully saturated rings. The van der Waals surface area contributed by atoms with Crippen molar-refractivity contribution in [1.29, 1.82) is 0 Å². The van der Waals surface area contributed by atoms with Crippen molar-refractivity contribution in [2.75, 3.05) is 26.3 Å². The van der Waals surface area contributed by atoms with E-state index in [1.54, 1.807) is 11.0 Å². The predicted molar refractivity (Wildman–Crippen MR) is 125 cm³/mol. The zero-order valence-electron chi connectivity index (χ0n) is 18.9. The fourth-order valence-corrected chi connectivity index (χ4v) is 3.80. The zero-order chi connectivity index (χ0) is 23.1. The van der Waals surface area contributed by atoms with Crippen molar-refractivity contribution in [3.8, 4) is 11.5 Å². The fourth-order valence-electron chi connectivity index (χ4n) is 3.62. The second-order valence-electron chi connectivity index (χ2n) is 8.97. The third-order valence-electron chi connectivity index (χ3n) is 5.16. The van der Waals surface area contributed by atoms with E-state index >= 15 is 0 Å². The summed E-state index contributed by atoms with van der Waals surface area (Å²) < 4.78 is 16.9. The number of ether oxygens (including phenoxy) is 3. The Bertz CT molecular complexity index is 881. The van der Waals surface area contributed by atoms with E-state index in [4.69, 9.17) is 25.8 Å². The van der Waals surface area contributed by atoms with Crippen molar-refractivity contribution in [2.24, 2.45) is 0 Å². The normalized spacial score (nSPS) is 18.8. The third kappa shape index (κ3) is 7.31. The van der Waals surface area contributed by atoms with E-state index in [1.807, 2.05) is 63.2 Å². The molecule has 7 heteroatoms. The molecule has 174 valence electrons. The first-order chi connectivity index (χ1) is 15.2. The number of halogens is 1. The SMILES string of the molecule is CC(C)(C)OC(=O)N1CCC(c2ccc(OCCCOc3cccc(Cl)c3)cc2)C(O)C1. The van der Waals surface area contributed by atoms with Gasteiger partial charge in [0.15, 0.2) is 0 Å². The van der Waals surface area contributed by atoms with Crippen LogP contribution < -0.4 is 9.47 Å². The van der Waals surface area contributed by atoms with Gasteiger partial charge in [-0.2, -0.15) is 0 Å². The number of β-amino-alcohol motifs (C(OH)–C–C–N with tert-alkyl or cyclic N) is 1. The number of amides is 1. The van der Waals surface area contributed by atoms with Crippen molar-refractivity contribution >= 4 is 17.7 Å². The smallest absolute Gasteiger partial charge is 0.410 e. The van der Waals surface area contributed by atoms with Crippen molar-refractivity contribution in [1.82, 2.24) is 4.90 Å². The number of nitrogens with zero attached hydrogens (tertiary/aromatic N) is 1. The first-order valence-electron chi connectivity index (χ1n) is 11.0. The van der Waals surface area contributed by atoms with E-state index in [0.29, 0.717) is 31.2 Å². The summed E-state index contributed by atoms with van der Waals surface area (Å²) in [5, 5.41) is 11.3. The largest absolute Gasteiger partial charge is 0.493 e. The molecule has 32 heavy (non-hydrogen) atoms. The minimum Gasteiger partial charge on any atom is -0.493 e. The molecule has 0 saturated carbocycles. The van der Waals surface area contributed by atoms with Gasteiger partial charge in [-0.3, -0.25) is 0 Å². The molecule has 6 nitrogen and oxygen atoms in total. The van der Waals surface area contributed by atoms with Crippen LogP contribution in [0.1, 0.15) is 45.1 Å². The molecule has 0 spiro atoms. The van der Waals surface area contributed by atoms with Crippen LogP contribution in [0.5, 0.6) is 11.5 Å². The first kappa shape index (κ1) is 24.2. The molecule has 2 unspecified atom stereocenters. The molecule has 0 bridgehead atoms. The van der Waals surface area contributed by atoms with Crippen molar-refractivity contribution in [3.05, 3.63) is 59.1 Å². The van der Waals surface area contributed by atoms with Crippen LogP contribution >= 0.6 is 11.6 Å². The number of aliphatic hydroxyl groups excluding tert-OH is 1. The lowest BCUT2D eigenvalue weighted by Gasteiger charge is -2.36. The third-order valence-corrected chi connectivity index (χ3v) is 5.40. The summed E-state index contributed by atoms with van der Waals surface area (Å²) in [5.74, 6) is 1.50. The van der Waals surface area contributed by atoms with Gasteiger partial charge in [0, 0.05) is 23.9 Å². The number of carbonyl (C=O) groups excluding carboxylic acids is 1. The number of hydrogen-bond acceptors (Lipinski definition) is 5. The lowest BCUT2D eigenvalue weighted by Crippen LogP contribution is -2.47. The number of aliphatic hydroxyl groups is 1. The molecular formula is C25H32ClNO5. The van der Waals surface area contributed by atoms with Crippen LogP contribution in [0.15, 0.2) is 48.5 Å². The van der Waals surface area contributed by atoms with E-state index in [1.165, 1.54) is 0 Å². The molecule has 2 aromatic rings. The highest BCUT2D eigenvalue weighted by Crippen LogP contribution is 2.30. The molecule has 1 N–H and O–H groups in total. The summed E-state index contributed by atoms with van der Waals surface area (Å²) >= 11 is 5.94. The average molecular weight is 462 g/mol. The van der Waals surface area contributed by atoms with Crippen molar-refractivity contribution < 1.29 is 24.1 Å². The summed E-state index contributed by atoms with van der Waals surface area (Å²) in [6.45, 7) is 7.42. The number of hydrogen-bond donors (Lipinski definition) is 1. The molecule has 0 aromatic heterocycles. The van der Waals surface area contributed by atoms with Crippen LogP contribution in [-0.4, -0.2) is 54.1 Å². The van der Waals surface area contributed by atoms with Crippen molar-refractivity contribution in [3.63, 3.8) is 0 Å². The molecule has 2 aromatic carbocycles. The molecule has 3 rings (SSSR count). The molecule has 1 heterocycles. The van der Waals surface area contributed by atoms with Gasteiger partial charge >= 0.3 is 6.09 Å². The van der Waals surface area contributed by atoms with Gasteiger partial charge in [0.25, 0.3) is 0 Å². The lowest BCUT2D eigenvalue weighted by molar-refractivity contribution is -0.00152. The van der Waals surface area contributed by atoms with E-state index in [-0.39, 0.29) is 18.6 Å². The van der Waals surface area contributed by atoms with Gasteiger partial charge in [-0.1, -0.05) is 29.8 Å². The zero-order valence-corrected chi connectivity index (χ0v) is 19.7. The molecule has 1 amide bonds. The minimum atomic E-state index is -0.633. The second kappa shape index (κ2) is 10.9. The fraction of sp³-hybridized carbons (Fsp3) is 0.480. The number of likely N-dealkylation sites (tertiary alicyclic amines) is 1. The van der Waals surface area contributed by atoms with Gasteiger partial charge < -0.3 is 24.2 Å². The predicted octanol–water partition coefficient (Wildman–Crippen LogP) is 5.27. The van der Waals surface area contributed by atoms with Crippen molar-refractivity contribution in [2.45, 2.75) is 51.2 Å². The van der Waals surface area contributed by atoms with Crippen LogP contribution in [0.2, 0.25) is 5.02 Å². The van der Waals surface area contributed by atoms with Crippen LogP contribution in [0.4, 0.5) is 4.79 Å². The molecule has 1 aliphatic heterocycles. The Hall–Kier alpha value is -2.44. The van der Waals surface area contributed by atoms with E-state index in [9.17, 15) is 9.90 Å². The Balaban J connectivity index is 1.42. The monoisotopic (exact) mass is 461 g/mol. The second-order valence-corrected chi connectivity index (χ2v) is 9.40. The van der Waals surface area contributed by atoms with Gasteiger partial charge in [-0.15, -0.1) is 0 Å². The Morgan fingerprint density at radius 1 is 1.09 bits per heavy atom. The summed E-state index contributed by atoms with van der Waals surface area (Å²) in [6.07, 6.45) is 0.419. The van der Waals surface area contributed by atoms with Crippen LogP contribution in [0, 0.1) is 0 Å². The van der Waals surface area contributed by atoms with Crippen LogP contribution in [0.25, 0.3) is 0 Å². The number of rotatable bonds is 7. The Morgan fingerprint density at radius 3 is 2.41 bits per heavy atom. The van der Waals surface area contributed by atoms with Gasteiger partial charge in [-0.25, -0.2) is 4.79 Å². The summed E-state index contributed by atoms with van der Waals surface area (Å²) in [5.41, 5.74) is 0.494. The van der Waals surface area contributed by atoms with Gasteiger partial charge in [0.2, 0.25) is 0 Å². The Labute approximate surface area is 195 Å². The molecule has 0 aliphatic carbocycles. The highest BCUT2D eigenvalue weighted by Gasteiger charge is 2.33. The number of carbonyl (C=O) groups is 1. The topological polar surface area (TPSA) is 68.2 Å². The van der Waals surface area contributed by atoms with Gasteiger partial charge in [0.05, 0.1) is 25.9 Å². The number of benzene rings is 2. The van der Waals surface area contributed by atoms with Gasteiger partial charge in [-0.05, 0) is 63.1 Å². The summed E-state index contributed by atoms with van der Waals surface area (Å²) in [7, 11) is 0. The standard InChI is InChI=1S/C25H32ClNO5/c1-25(2,3)32-24(29)27-13-12-22(23(28)17-27)18-8-10-20(11-9-18)30-14-5-15-31-21-7-4-6-19(26)16-21/h4,6-11,16,22-23,28H,5,12-15,17H2,1-3H3. The molecular weight excluding hydrogens is 430 g/mol. The average Bonchev–Trinajstić information content (AvgIpc) is 2.73. The van der Waals surface area contributed by atoms with Crippen LogP contribution in [0.3, 0.4) is 0 Å². The Morgan fingerprint density at radius 2 is 1.78 bits per heavy atom.